The topological polar surface area (TPSA) is 49.2 Å². The van der Waals surface area contributed by atoms with Gasteiger partial charge < -0.3 is 9.47 Å². The fourth-order valence-electron chi connectivity index (χ4n) is 3.28. The van der Waals surface area contributed by atoms with Gasteiger partial charge in [-0.3, -0.25) is 4.57 Å². The molecule has 0 saturated carbocycles. The van der Waals surface area contributed by atoms with Crippen LogP contribution in [-0.4, -0.2) is 21.4 Å². The summed E-state index contributed by atoms with van der Waals surface area (Å²) in [5.74, 6) is 2.50. The summed E-state index contributed by atoms with van der Waals surface area (Å²) in [7, 11) is 0. The molecule has 2 heterocycles. The van der Waals surface area contributed by atoms with E-state index in [0.29, 0.717) is 23.9 Å². The summed E-state index contributed by atoms with van der Waals surface area (Å²) in [5.41, 5.74) is 1.96. The van der Waals surface area contributed by atoms with E-state index in [9.17, 15) is 4.39 Å². The maximum absolute atomic E-state index is 13.2. The van der Waals surface area contributed by atoms with Crippen LogP contribution in [-0.2, 0) is 5.75 Å². The van der Waals surface area contributed by atoms with Gasteiger partial charge in [0.1, 0.15) is 12.4 Å². The number of halogens is 1. The molecular formula is C23H18FN3O2S. The van der Waals surface area contributed by atoms with Crippen molar-refractivity contribution in [2.24, 2.45) is 0 Å². The first-order valence-electron chi connectivity index (χ1n) is 9.54. The molecule has 3 aromatic carbocycles. The Morgan fingerprint density at radius 1 is 0.900 bits per heavy atom. The molecule has 0 amide bonds. The lowest BCUT2D eigenvalue weighted by Gasteiger charge is -2.26. The number of nitrogens with zero attached hydrogens (tertiary/aromatic N) is 3. The molecule has 1 aromatic heterocycles. The Balaban J connectivity index is 1.47. The summed E-state index contributed by atoms with van der Waals surface area (Å²) in [6.07, 6.45) is -0.382. The molecule has 1 atom stereocenters. The Labute approximate surface area is 177 Å². The van der Waals surface area contributed by atoms with Gasteiger partial charge in [0.2, 0.25) is 0 Å². The molecule has 5 nitrogen and oxygen atoms in total. The van der Waals surface area contributed by atoms with Gasteiger partial charge in [-0.1, -0.05) is 54.2 Å². The maximum Gasteiger partial charge on any atom is 0.196 e. The molecule has 1 aliphatic rings. The van der Waals surface area contributed by atoms with Crippen LogP contribution in [0, 0.1) is 5.82 Å². The van der Waals surface area contributed by atoms with E-state index < -0.39 is 0 Å². The Morgan fingerprint density at radius 2 is 1.63 bits per heavy atom. The van der Waals surface area contributed by atoms with Gasteiger partial charge in [0, 0.05) is 11.4 Å². The van der Waals surface area contributed by atoms with E-state index in [1.54, 1.807) is 23.9 Å². The van der Waals surface area contributed by atoms with Crippen molar-refractivity contribution in [1.82, 2.24) is 14.8 Å². The monoisotopic (exact) mass is 419 g/mol. The highest BCUT2D eigenvalue weighted by Crippen LogP contribution is 2.37. The Bertz CT molecular complexity index is 1150. The minimum Gasteiger partial charge on any atom is -0.485 e. The van der Waals surface area contributed by atoms with Crippen LogP contribution in [0.2, 0.25) is 0 Å². The third-order valence-electron chi connectivity index (χ3n) is 4.75. The highest BCUT2D eigenvalue weighted by Gasteiger charge is 2.29. The van der Waals surface area contributed by atoms with Crippen LogP contribution in [0.3, 0.4) is 0 Å². The van der Waals surface area contributed by atoms with Gasteiger partial charge in [-0.2, -0.15) is 0 Å². The first-order valence-corrected chi connectivity index (χ1v) is 10.5. The number of aromatic nitrogens is 3. The van der Waals surface area contributed by atoms with Crippen LogP contribution in [0.15, 0.2) is 84.0 Å². The molecule has 0 bridgehead atoms. The number of ether oxygens (including phenoxy) is 2. The van der Waals surface area contributed by atoms with Crippen molar-refractivity contribution in [2.45, 2.75) is 17.0 Å². The van der Waals surface area contributed by atoms with E-state index in [-0.39, 0.29) is 11.9 Å². The van der Waals surface area contributed by atoms with Gasteiger partial charge >= 0.3 is 0 Å². The quantitative estimate of drug-likeness (QED) is 0.416. The lowest BCUT2D eigenvalue weighted by molar-refractivity contribution is 0.0835. The van der Waals surface area contributed by atoms with Gasteiger partial charge in [0.05, 0.1) is 0 Å². The molecule has 0 unspecified atom stereocenters. The molecule has 0 spiro atoms. The van der Waals surface area contributed by atoms with Crippen molar-refractivity contribution in [3.05, 3.63) is 96.1 Å². The third-order valence-corrected chi connectivity index (χ3v) is 5.75. The molecule has 4 aromatic rings. The van der Waals surface area contributed by atoms with E-state index in [0.717, 1.165) is 22.2 Å². The van der Waals surface area contributed by atoms with Gasteiger partial charge in [-0.25, -0.2) is 4.39 Å². The molecule has 0 saturated heterocycles. The number of para-hydroxylation sites is 3. The summed E-state index contributed by atoms with van der Waals surface area (Å²) in [4.78, 5) is 0. The van der Waals surface area contributed by atoms with Crippen LogP contribution >= 0.6 is 11.8 Å². The fourth-order valence-corrected chi connectivity index (χ4v) is 4.19. The average Bonchev–Trinajstić information content (AvgIpc) is 3.23. The average molecular weight is 419 g/mol. The molecule has 5 rings (SSSR count). The van der Waals surface area contributed by atoms with Crippen molar-refractivity contribution >= 4 is 11.8 Å². The zero-order valence-corrected chi connectivity index (χ0v) is 16.8. The summed E-state index contributed by atoms with van der Waals surface area (Å²) in [6, 6.07) is 24.0. The van der Waals surface area contributed by atoms with Crippen molar-refractivity contribution in [3.8, 4) is 17.2 Å². The van der Waals surface area contributed by atoms with Gasteiger partial charge in [0.25, 0.3) is 0 Å². The smallest absolute Gasteiger partial charge is 0.196 e. The third kappa shape index (κ3) is 3.76. The van der Waals surface area contributed by atoms with Gasteiger partial charge in [0.15, 0.2) is 28.6 Å². The molecule has 150 valence electrons. The number of hydrogen-bond donors (Lipinski definition) is 0. The molecule has 0 radical (unpaired) electrons. The van der Waals surface area contributed by atoms with E-state index in [4.69, 9.17) is 9.47 Å². The molecule has 30 heavy (non-hydrogen) atoms. The second kappa shape index (κ2) is 8.20. The van der Waals surface area contributed by atoms with Crippen LogP contribution in [0.25, 0.3) is 5.69 Å². The number of hydrogen-bond acceptors (Lipinski definition) is 5. The van der Waals surface area contributed by atoms with Crippen molar-refractivity contribution in [3.63, 3.8) is 0 Å². The highest BCUT2D eigenvalue weighted by molar-refractivity contribution is 7.98. The van der Waals surface area contributed by atoms with Crippen LogP contribution < -0.4 is 9.47 Å². The summed E-state index contributed by atoms with van der Waals surface area (Å²) in [5, 5.41) is 9.60. The first-order chi connectivity index (χ1) is 14.8. The van der Waals surface area contributed by atoms with Gasteiger partial charge in [-0.15, -0.1) is 10.2 Å². The minimum atomic E-state index is -0.382. The maximum atomic E-state index is 13.2. The molecule has 0 aliphatic carbocycles. The Kier molecular flexibility index (Phi) is 5.11. The molecule has 1 aliphatic heterocycles. The van der Waals surface area contributed by atoms with Crippen LogP contribution in [0.1, 0.15) is 17.5 Å². The predicted molar refractivity (Wildman–Crippen MR) is 113 cm³/mol. The number of thioether (sulfide) groups is 1. The summed E-state index contributed by atoms with van der Waals surface area (Å²) >= 11 is 1.54. The second-order valence-corrected chi connectivity index (χ2v) is 7.73. The van der Waals surface area contributed by atoms with Gasteiger partial charge in [-0.05, 0) is 42.0 Å². The summed E-state index contributed by atoms with van der Waals surface area (Å²) < 4.78 is 27.2. The SMILES string of the molecule is Fc1ccc(CSc2nnc([C@H]3COc4ccccc4O3)n2-c2ccccc2)cc1. The second-order valence-electron chi connectivity index (χ2n) is 6.79. The highest BCUT2D eigenvalue weighted by atomic mass is 32.2. The fraction of sp³-hybridized carbons (Fsp3) is 0.130. The number of fused-ring (bicyclic) bond motifs is 1. The number of rotatable bonds is 5. The zero-order valence-electron chi connectivity index (χ0n) is 15.9. The number of benzene rings is 3. The van der Waals surface area contributed by atoms with Crippen molar-refractivity contribution in [1.29, 1.82) is 0 Å². The Morgan fingerprint density at radius 3 is 2.43 bits per heavy atom. The lowest BCUT2D eigenvalue weighted by atomic mass is 10.2. The summed E-state index contributed by atoms with van der Waals surface area (Å²) in [6.45, 7) is 0.352. The normalized spacial score (nSPS) is 15.2. The van der Waals surface area contributed by atoms with Crippen LogP contribution in [0.4, 0.5) is 4.39 Å². The molecule has 0 fully saturated rings. The standard InChI is InChI=1S/C23H18FN3O2S/c24-17-12-10-16(11-13-17)15-30-23-26-25-22(27(23)18-6-2-1-3-7-18)21-14-28-19-8-4-5-9-20(19)29-21/h1-13,21H,14-15H2/t21-/m1/s1. The van der Waals surface area contributed by atoms with Crippen molar-refractivity contribution < 1.29 is 13.9 Å². The predicted octanol–water partition coefficient (Wildman–Crippen LogP) is 5.21. The van der Waals surface area contributed by atoms with E-state index >= 15 is 0 Å². The van der Waals surface area contributed by atoms with E-state index in [1.165, 1.54) is 12.1 Å². The Hall–Kier alpha value is -3.32. The molecule has 0 N–H and O–H groups in total. The van der Waals surface area contributed by atoms with E-state index in [1.807, 2.05) is 59.2 Å². The zero-order chi connectivity index (χ0) is 20.3. The van der Waals surface area contributed by atoms with Crippen molar-refractivity contribution in [2.75, 3.05) is 6.61 Å². The first kappa shape index (κ1) is 18.7. The largest absolute Gasteiger partial charge is 0.485 e. The lowest BCUT2D eigenvalue weighted by Crippen LogP contribution is -2.24. The van der Waals surface area contributed by atoms with Crippen LogP contribution in [0.5, 0.6) is 11.5 Å². The molecule has 7 heteroatoms. The minimum absolute atomic E-state index is 0.242. The van der Waals surface area contributed by atoms with E-state index in [2.05, 4.69) is 10.2 Å². The molecular weight excluding hydrogens is 401 g/mol.